The molecule has 0 aliphatic rings. The van der Waals surface area contributed by atoms with Crippen LogP contribution in [0.1, 0.15) is 26.5 Å². The molecule has 0 radical (unpaired) electrons. The van der Waals surface area contributed by atoms with Crippen molar-refractivity contribution < 1.29 is 4.79 Å². The van der Waals surface area contributed by atoms with Crippen LogP contribution in [-0.4, -0.2) is 28.3 Å². The van der Waals surface area contributed by atoms with Crippen LogP contribution in [-0.2, 0) is 18.4 Å². The molecule has 1 unspecified atom stereocenters. The van der Waals surface area contributed by atoms with Gasteiger partial charge in [0.05, 0.1) is 12.2 Å². The predicted octanol–water partition coefficient (Wildman–Crippen LogP) is 0.670. The number of carbonyl (C=O) groups is 1. The van der Waals surface area contributed by atoms with E-state index in [4.69, 9.17) is 0 Å². The van der Waals surface area contributed by atoms with E-state index in [1.165, 1.54) is 0 Å². The van der Waals surface area contributed by atoms with Crippen molar-refractivity contribution in [3.8, 4) is 0 Å². The van der Waals surface area contributed by atoms with Crippen LogP contribution in [0.2, 0.25) is 0 Å². The minimum atomic E-state index is 0.0355. The fraction of sp³-hybridized carbons (Fsp3) is 0.667. The van der Waals surface area contributed by atoms with Crippen LogP contribution >= 0.6 is 0 Å². The number of amides is 1. The van der Waals surface area contributed by atoms with E-state index in [2.05, 4.69) is 29.6 Å². The van der Waals surface area contributed by atoms with Crippen molar-refractivity contribution in [1.82, 2.24) is 20.4 Å². The van der Waals surface area contributed by atoms with Gasteiger partial charge in [-0.3, -0.25) is 9.48 Å². The second-order valence-corrected chi connectivity index (χ2v) is 4.65. The van der Waals surface area contributed by atoms with E-state index in [9.17, 15) is 4.79 Å². The van der Waals surface area contributed by atoms with Gasteiger partial charge in [-0.15, -0.1) is 0 Å². The summed E-state index contributed by atoms with van der Waals surface area (Å²) in [5.74, 6) is 0.490. The number of hydrogen-bond donors (Lipinski definition) is 2. The molecule has 1 aromatic heterocycles. The molecule has 5 heteroatoms. The fourth-order valence-electron chi connectivity index (χ4n) is 1.35. The third kappa shape index (κ3) is 4.56. The molecule has 5 nitrogen and oxygen atoms in total. The van der Waals surface area contributed by atoms with Crippen molar-refractivity contribution >= 4 is 5.91 Å². The first kappa shape index (κ1) is 13.7. The van der Waals surface area contributed by atoms with Gasteiger partial charge < -0.3 is 10.6 Å². The van der Waals surface area contributed by atoms with E-state index < -0.39 is 0 Å². The number of aromatic nitrogens is 2. The average Bonchev–Trinajstić information content (AvgIpc) is 2.64. The van der Waals surface area contributed by atoms with Crippen molar-refractivity contribution in [3.63, 3.8) is 0 Å². The van der Waals surface area contributed by atoms with Gasteiger partial charge in [0.1, 0.15) is 0 Å². The van der Waals surface area contributed by atoms with E-state index in [-0.39, 0.29) is 11.9 Å². The third-order valence-electron chi connectivity index (χ3n) is 2.90. The van der Waals surface area contributed by atoms with Crippen molar-refractivity contribution in [1.29, 1.82) is 0 Å². The van der Waals surface area contributed by atoms with Crippen molar-refractivity contribution in [2.45, 2.75) is 33.4 Å². The van der Waals surface area contributed by atoms with Crippen molar-refractivity contribution in [3.05, 3.63) is 18.0 Å². The lowest BCUT2D eigenvalue weighted by atomic mass is 10.1. The Balaban J connectivity index is 2.23. The molecule has 1 atom stereocenters. The molecule has 0 saturated heterocycles. The number of nitrogens with one attached hydrogen (secondary N) is 2. The van der Waals surface area contributed by atoms with Gasteiger partial charge in [-0.05, 0) is 18.9 Å². The molecular weight excluding hydrogens is 216 g/mol. The van der Waals surface area contributed by atoms with Crippen LogP contribution in [0.3, 0.4) is 0 Å². The van der Waals surface area contributed by atoms with E-state index in [1.54, 1.807) is 10.9 Å². The molecule has 0 aliphatic carbocycles. The van der Waals surface area contributed by atoms with Gasteiger partial charge in [0.25, 0.3) is 0 Å². The van der Waals surface area contributed by atoms with Crippen LogP contribution in [0.15, 0.2) is 12.3 Å². The summed E-state index contributed by atoms with van der Waals surface area (Å²) in [5.41, 5.74) is 1.06. The molecule has 2 N–H and O–H groups in total. The third-order valence-corrected chi connectivity index (χ3v) is 2.90. The van der Waals surface area contributed by atoms with Crippen molar-refractivity contribution in [2.24, 2.45) is 13.0 Å². The maximum absolute atomic E-state index is 11.6. The minimum absolute atomic E-state index is 0.0355. The average molecular weight is 238 g/mol. The summed E-state index contributed by atoms with van der Waals surface area (Å²) >= 11 is 0. The number of rotatable bonds is 6. The van der Waals surface area contributed by atoms with Gasteiger partial charge in [0.2, 0.25) is 5.91 Å². The number of aryl methyl sites for hydroxylation is 1. The van der Waals surface area contributed by atoms with Gasteiger partial charge in [0, 0.05) is 25.8 Å². The number of carbonyl (C=O) groups excluding carboxylic acids is 1. The first-order chi connectivity index (χ1) is 8.00. The highest BCUT2D eigenvalue weighted by Crippen LogP contribution is 1.99. The molecule has 1 amide bonds. The zero-order valence-corrected chi connectivity index (χ0v) is 11.0. The summed E-state index contributed by atoms with van der Waals surface area (Å²) in [5, 5.41) is 10.1. The van der Waals surface area contributed by atoms with Gasteiger partial charge in [-0.1, -0.05) is 13.8 Å². The topological polar surface area (TPSA) is 59.0 Å². The highest BCUT2D eigenvalue weighted by molar-refractivity contribution is 5.78. The smallest absolute Gasteiger partial charge is 0.234 e. The van der Waals surface area contributed by atoms with Crippen LogP contribution in [0, 0.1) is 5.92 Å². The number of hydrogen-bond acceptors (Lipinski definition) is 3. The molecule has 1 aromatic rings. The minimum Gasteiger partial charge on any atom is -0.352 e. The predicted molar refractivity (Wildman–Crippen MR) is 67.4 cm³/mol. The van der Waals surface area contributed by atoms with Crippen LogP contribution < -0.4 is 10.6 Å². The standard InChI is InChI=1S/C12H22N4O/c1-9(2)10(3)15-12(17)8-13-7-11-5-6-14-16(11)4/h5-6,9-10,13H,7-8H2,1-4H3,(H,15,17). The molecule has 1 rings (SSSR count). The Morgan fingerprint density at radius 3 is 2.71 bits per heavy atom. The largest absolute Gasteiger partial charge is 0.352 e. The van der Waals surface area contributed by atoms with Gasteiger partial charge in [0.15, 0.2) is 0 Å². The quantitative estimate of drug-likeness (QED) is 0.766. The lowest BCUT2D eigenvalue weighted by molar-refractivity contribution is -0.121. The van der Waals surface area contributed by atoms with E-state index in [1.807, 2.05) is 20.0 Å². The van der Waals surface area contributed by atoms with Gasteiger partial charge in [-0.2, -0.15) is 5.10 Å². The van der Waals surface area contributed by atoms with E-state index >= 15 is 0 Å². The Morgan fingerprint density at radius 1 is 1.47 bits per heavy atom. The lowest BCUT2D eigenvalue weighted by Crippen LogP contribution is -2.41. The second kappa shape index (κ2) is 6.39. The maximum atomic E-state index is 11.6. The fourth-order valence-corrected chi connectivity index (χ4v) is 1.35. The Kier molecular flexibility index (Phi) is 5.15. The summed E-state index contributed by atoms with van der Waals surface area (Å²) < 4.78 is 1.79. The Hall–Kier alpha value is -1.36. The highest BCUT2D eigenvalue weighted by Gasteiger charge is 2.10. The summed E-state index contributed by atoms with van der Waals surface area (Å²) in [6, 6.07) is 2.14. The molecular formula is C12H22N4O. The normalized spacial score (nSPS) is 12.8. The Bertz CT molecular complexity index is 359. The van der Waals surface area contributed by atoms with Crippen LogP contribution in [0.4, 0.5) is 0 Å². The monoisotopic (exact) mass is 238 g/mol. The molecule has 96 valence electrons. The van der Waals surface area contributed by atoms with Gasteiger partial charge in [-0.25, -0.2) is 0 Å². The highest BCUT2D eigenvalue weighted by atomic mass is 16.1. The van der Waals surface area contributed by atoms with Crippen LogP contribution in [0.5, 0.6) is 0 Å². The van der Waals surface area contributed by atoms with Gasteiger partial charge >= 0.3 is 0 Å². The first-order valence-corrected chi connectivity index (χ1v) is 5.97. The van der Waals surface area contributed by atoms with Crippen molar-refractivity contribution in [2.75, 3.05) is 6.54 Å². The zero-order chi connectivity index (χ0) is 12.8. The molecule has 0 fully saturated rings. The van der Waals surface area contributed by atoms with E-state index in [0.29, 0.717) is 19.0 Å². The molecule has 0 aliphatic heterocycles. The second-order valence-electron chi connectivity index (χ2n) is 4.65. The Labute approximate surface area is 103 Å². The molecule has 17 heavy (non-hydrogen) atoms. The lowest BCUT2D eigenvalue weighted by Gasteiger charge is -2.17. The summed E-state index contributed by atoms with van der Waals surface area (Å²) in [7, 11) is 1.89. The SMILES string of the molecule is CC(C)C(C)NC(=O)CNCc1ccnn1C. The molecule has 1 heterocycles. The summed E-state index contributed by atoms with van der Waals surface area (Å²) in [6.07, 6.45) is 1.75. The summed E-state index contributed by atoms with van der Waals surface area (Å²) in [4.78, 5) is 11.6. The molecule has 0 bridgehead atoms. The molecule has 0 spiro atoms. The number of nitrogens with zero attached hydrogens (tertiary/aromatic N) is 2. The maximum Gasteiger partial charge on any atom is 0.234 e. The first-order valence-electron chi connectivity index (χ1n) is 5.97. The van der Waals surface area contributed by atoms with Crippen LogP contribution in [0.25, 0.3) is 0 Å². The Morgan fingerprint density at radius 2 is 2.18 bits per heavy atom. The molecule has 0 saturated carbocycles. The summed E-state index contributed by atoms with van der Waals surface area (Å²) in [6.45, 7) is 7.19. The van der Waals surface area contributed by atoms with E-state index in [0.717, 1.165) is 5.69 Å². The zero-order valence-electron chi connectivity index (χ0n) is 11.0. The molecule has 0 aromatic carbocycles.